The van der Waals surface area contributed by atoms with Crippen molar-refractivity contribution in [2.45, 2.75) is 65.2 Å². The quantitative estimate of drug-likeness (QED) is 0.405. The molecule has 0 unspecified atom stereocenters. The summed E-state index contributed by atoms with van der Waals surface area (Å²) in [5.41, 5.74) is 2.42. The molecule has 0 spiro atoms. The summed E-state index contributed by atoms with van der Waals surface area (Å²) in [6, 6.07) is 17.9. The average Bonchev–Trinajstić information content (AvgIpc) is 2.57. The summed E-state index contributed by atoms with van der Waals surface area (Å²) in [5.74, 6) is 0.452. The molecule has 0 aliphatic carbocycles. The molecule has 0 atom stereocenters. The van der Waals surface area contributed by atoms with E-state index >= 15 is 0 Å². The Morgan fingerprint density at radius 3 is 1.79 bits per heavy atom. The van der Waals surface area contributed by atoms with Crippen LogP contribution in [0.5, 0.6) is 5.75 Å². The summed E-state index contributed by atoms with van der Waals surface area (Å²) in [7, 11) is 0. The van der Waals surface area contributed by atoms with Crippen molar-refractivity contribution in [3.63, 3.8) is 0 Å². The first-order chi connectivity index (χ1) is 11.2. The van der Waals surface area contributed by atoms with Gasteiger partial charge < -0.3 is 5.11 Å². The van der Waals surface area contributed by atoms with Crippen molar-refractivity contribution in [2.24, 2.45) is 0 Å². The van der Waals surface area contributed by atoms with Crippen molar-refractivity contribution >= 4 is 0 Å². The fourth-order valence-corrected chi connectivity index (χ4v) is 2.53. The molecular formula is C22H32OW. The standard InChI is InChI=1S/C15H24O.C7H8.W/c1-2-3-4-5-6-7-8-11-14-12-9-10-13-15(14)16;1-7-5-3-2-4-6-7;/h9-10,12-13,16H,2-8,11H2,1H3;2-6H,1H3;. The van der Waals surface area contributed by atoms with Gasteiger partial charge in [0, 0.05) is 21.1 Å². The maximum Gasteiger partial charge on any atom is 0.118 e. The third-order valence-corrected chi connectivity index (χ3v) is 3.98. The van der Waals surface area contributed by atoms with Crippen molar-refractivity contribution in [1.29, 1.82) is 0 Å². The molecule has 1 nitrogen and oxygen atoms in total. The van der Waals surface area contributed by atoms with E-state index in [-0.39, 0.29) is 21.1 Å². The Labute approximate surface area is 162 Å². The number of aromatic hydroxyl groups is 1. The molecule has 2 aromatic rings. The SMILES string of the molecule is CCCCCCCCCc1ccccc1O.Cc1ccccc1.[W]. The Morgan fingerprint density at radius 1 is 0.708 bits per heavy atom. The summed E-state index contributed by atoms with van der Waals surface area (Å²) in [5, 5.41) is 9.58. The molecule has 2 heteroatoms. The monoisotopic (exact) mass is 496 g/mol. The van der Waals surface area contributed by atoms with E-state index in [9.17, 15) is 5.11 Å². The van der Waals surface area contributed by atoms with Gasteiger partial charge in [0.25, 0.3) is 0 Å². The Hall–Kier alpha value is -1.07. The first kappa shape index (κ1) is 22.9. The van der Waals surface area contributed by atoms with Crippen LogP contribution < -0.4 is 0 Å². The molecule has 0 aromatic heterocycles. The topological polar surface area (TPSA) is 20.2 Å². The fourth-order valence-electron chi connectivity index (χ4n) is 2.53. The summed E-state index contributed by atoms with van der Waals surface area (Å²) >= 11 is 0. The van der Waals surface area contributed by atoms with Crippen LogP contribution in [-0.4, -0.2) is 5.11 Å². The van der Waals surface area contributed by atoms with Crippen LogP contribution in [0.15, 0.2) is 54.6 Å². The number of unbranched alkanes of at least 4 members (excludes halogenated alkanes) is 6. The predicted octanol–water partition coefficient (Wildman–Crippen LogP) is 6.68. The molecule has 0 bridgehead atoms. The Kier molecular flexibility index (Phi) is 14.8. The van der Waals surface area contributed by atoms with E-state index < -0.39 is 0 Å². The molecule has 0 radical (unpaired) electrons. The van der Waals surface area contributed by atoms with Gasteiger partial charge in [-0.2, -0.15) is 0 Å². The molecule has 1 N–H and O–H groups in total. The van der Waals surface area contributed by atoms with E-state index in [2.05, 4.69) is 26.0 Å². The van der Waals surface area contributed by atoms with E-state index in [0.29, 0.717) is 5.75 Å². The maximum absolute atomic E-state index is 9.58. The second-order valence-corrected chi connectivity index (χ2v) is 6.15. The second kappa shape index (κ2) is 15.5. The zero-order valence-electron chi connectivity index (χ0n) is 15.2. The van der Waals surface area contributed by atoms with Gasteiger partial charge in [0.05, 0.1) is 0 Å². The molecule has 132 valence electrons. The Balaban J connectivity index is 0.000000555. The number of benzene rings is 2. The molecule has 2 aromatic carbocycles. The van der Waals surface area contributed by atoms with E-state index in [4.69, 9.17) is 0 Å². The normalized spacial score (nSPS) is 9.58. The smallest absolute Gasteiger partial charge is 0.118 e. The summed E-state index contributed by atoms with van der Waals surface area (Å²) in [6.07, 6.45) is 10.3. The van der Waals surface area contributed by atoms with Gasteiger partial charge in [0.1, 0.15) is 5.75 Å². The predicted molar refractivity (Wildman–Crippen MR) is 101 cm³/mol. The van der Waals surface area contributed by atoms with Gasteiger partial charge in [-0.1, -0.05) is 99.5 Å². The van der Waals surface area contributed by atoms with Crippen LogP contribution in [0.25, 0.3) is 0 Å². The first-order valence-corrected chi connectivity index (χ1v) is 9.02. The number of aryl methyl sites for hydroxylation is 2. The number of phenolic OH excluding ortho intramolecular Hbond substituents is 1. The Bertz CT molecular complexity index is 510. The molecule has 0 fully saturated rings. The fraction of sp³-hybridized carbons (Fsp3) is 0.455. The van der Waals surface area contributed by atoms with Gasteiger partial charge in [-0.05, 0) is 31.4 Å². The molecule has 0 saturated carbocycles. The van der Waals surface area contributed by atoms with E-state index in [1.54, 1.807) is 6.07 Å². The Morgan fingerprint density at radius 2 is 1.25 bits per heavy atom. The largest absolute Gasteiger partial charge is 0.508 e. The minimum absolute atomic E-state index is 0. The van der Waals surface area contributed by atoms with Crippen LogP contribution in [0.4, 0.5) is 0 Å². The van der Waals surface area contributed by atoms with Crippen LogP contribution >= 0.6 is 0 Å². The molecular weight excluding hydrogens is 464 g/mol. The van der Waals surface area contributed by atoms with E-state index in [0.717, 1.165) is 12.0 Å². The third-order valence-electron chi connectivity index (χ3n) is 3.98. The van der Waals surface area contributed by atoms with Gasteiger partial charge in [0.2, 0.25) is 0 Å². The molecule has 0 aliphatic rings. The zero-order valence-corrected chi connectivity index (χ0v) is 18.1. The van der Waals surface area contributed by atoms with Crippen molar-refractivity contribution in [1.82, 2.24) is 0 Å². The molecule has 0 amide bonds. The summed E-state index contributed by atoms with van der Waals surface area (Å²) < 4.78 is 0. The molecule has 0 aliphatic heterocycles. The van der Waals surface area contributed by atoms with Gasteiger partial charge in [0.15, 0.2) is 0 Å². The van der Waals surface area contributed by atoms with Crippen LogP contribution in [0.3, 0.4) is 0 Å². The first-order valence-electron chi connectivity index (χ1n) is 9.02. The minimum atomic E-state index is 0. The van der Waals surface area contributed by atoms with E-state index in [1.165, 1.54) is 50.5 Å². The number of phenols is 1. The van der Waals surface area contributed by atoms with Crippen LogP contribution in [0.2, 0.25) is 0 Å². The van der Waals surface area contributed by atoms with Gasteiger partial charge in [-0.15, -0.1) is 0 Å². The van der Waals surface area contributed by atoms with Crippen molar-refractivity contribution < 1.29 is 26.2 Å². The van der Waals surface area contributed by atoms with Gasteiger partial charge >= 0.3 is 0 Å². The van der Waals surface area contributed by atoms with Crippen LogP contribution in [0.1, 0.15) is 63.0 Å². The molecule has 24 heavy (non-hydrogen) atoms. The number of para-hydroxylation sites is 1. The number of rotatable bonds is 8. The summed E-state index contributed by atoms with van der Waals surface area (Å²) in [4.78, 5) is 0. The van der Waals surface area contributed by atoms with Crippen molar-refractivity contribution in [2.75, 3.05) is 0 Å². The average molecular weight is 496 g/mol. The third kappa shape index (κ3) is 11.5. The van der Waals surface area contributed by atoms with Crippen molar-refractivity contribution in [3.8, 4) is 5.75 Å². The van der Waals surface area contributed by atoms with Crippen LogP contribution in [0, 0.1) is 6.92 Å². The van der Waals surface area contributed by atoms with Crippen molar-refractivity contribution in [3.05, 3.63) is 65.7 Å². The maximum atomic E-state index is 9.58. The van der Waals surface area contributed by atoms with Crippen LogP contribution in [-0.2, 0) is 27.5 Å². The number of hydrogen-bond acceptors (Lipinski definition) is 1. The number of hydrogen-bond donors (Lipinski definition) is 1. The van der Waals surface area contributed by atoms with E-state index in [1.807, 2.05) is 36.4 Å². The molecule has 2 rings (SSSR count). The molecule has 0 heterocycles. The summed E-state index contributed by atoms with van der Waals surface area (Å²) in [6.45, 7) is 4.33. The zero-order chi connectivity index (χ0) is 16.8. The van der Waals surface area contributed by atoms with Gasteiger partial charge in [-0.25, -0.2) is 0 Å². The second-order valence-electron chi connectivity index (χ2n) is 6.15. The van der Waals surface area contributed by atoms with Gasteiger partial charge in [-0.3, -0.25) is 0 Å². The minimum Gasteiger partial charge on any atom is -0.508 e. The molecule has 0 saturated heterocycles.